The predicted octanol–water partition coefficient (Wildman–Crippen LogP) is 3.95. The summed E-state index contributed by atoms with van der Waals surface area (Å²) in [5.41, 5.74) is 4.73. The average molecular weight is 267 g/mol. The Morgan fingerprint density at radius 1 is 1.30 bits per heavy atom. The molecule has 0 aliphatic heterocycles. The number of aryl methyl sites for hydroxylation is 1. The zero-order valence-electron chi connectivity index (χ0n) is 11.2. The Bertz CT molecular complexity index is 803. The summed E-state index contributed by atoms with van der Waals surface area (Å²) in [5.74, 6) is 0.278. The molecule has 1 fully saturated rings. The first-order valence-corrected chi connectivity index (χ1v) is 6.83. The van der Waals surface area contributed by atoms with E-state index in [1.165, 1.54) is 6.07 Å². The van der Waals surface area contributed by atoms with Crippen LogP contribution in [0.1, 0.15) is 30.1 Å². The lowest BCUT2D eigenvalue weighted by atomic mass is 9.98. The number of halogens is 1. The molecule has 1 aliphatic carbocycles. The van der Waals surface area contributed by atoms with Gasteiger partial charge in [-0.2, -0.15) is 5.10 Å². The fourth-order valence-corrected chi connectivity index (χ4v) is 2.79. The highest BCUT2D eigenvalue weighted by Crippen LogP contribution is 2.45. The van der Waals surface area contributed by atoms with Gasteiger partial charge >= 0.3 is 0 Å². The summed E-state index contributed by atoms with van der Waals surface area (Å²) >= 11 is 0. The van der Waals surface area contributed by atoms with Gasteiger partial charge in [-0.1, -0.05) is 6.07 Å². The highest BCUT2D eigenvalue weighted by atomic mass is 19.1. The molecule has 2 aromatic heterocycles. The number of hydrogen-bond acceptors (Lipinski definition) is 2. The molecule has 1 N–H and O–H groups in total. The highest BCUT2D eigenvalue weighted by Gasteiger charge is 2.30. The molecular weight excluding hydrogens is 253 g/mol. The van der Waals surface area contributed by atoms with Crippen LogP contribution in [0.5, 0.6) is 0 Å². The molecule has 1 saturated carbocycles. The minimum atomic E-state index is -0.233. The van der Waals surface area contributed by atoms with E-state index in [1.54, 1.807) is 12.3 Å². The Morgan fingerprint density at radius 3 is 2.95 bits per heavy atom. The molecule has 20 heavy (non-hydrogen) atoms. The Labute approximate surface area is 115 Å². The van der Waals surface area contributed by atoms with Crippen molar-refractivity contribution in [3.8, 4) is 11.1 Å². The normalized spacial score (nSPS) is 14.9. The molecule has 2 heterocycles. The lowest BCUT2D eigenvalue weighted by molar-refractivity contribution is 0.630. The Balaban J connectivity index is 2.05. The van der Waals surface area contributed by atoms with Crippen molar-refractivity contribution in [3.05, 3.63) is 47.7 Å². The van der Waals surface area contributed by atoms with Gasteiger partial charge in [-0.15, -0.1) is 0 Å². The number of aromatic amines is 1. The van der Waals surface area contributed by atoms with Crippen molar-refractivity contribution in [2.75, 3.05) is 0 Å². The van der Waals surface area contributed by atoms with Crippen molar-refractivity contribution in [2.24, 2.45) is 0 Å². The van der Waals surface area contributed by atoms with E-state index in [0.29, 0.717) is 5.92 Å². The highest BCUT2D eigenvalue weighted by molar-refractivity contribution is 5.95. The summed E-state index contributed by atoms with van der Waals surface area (Å²) < 4.78 is 13.9. The lowest BCUT2D eigenvalue weighted by Gasteiger charge is -2.08. The number of rotatable bonds is 2. The van der Waals surface area contributed by atoms with Crippen molar-refractivity contribution >= 4 is 10.9 Å². The van der Waals surface area contributed by atoms with Gasteiger partial charge in [0.05, 0.1) is 11.2 Å². The van der Waals surface area contributed by atoms with Crippen LogP contribution in [0.25, 0.3) is 22.0 Å². The molecule has 3 nitrogen and oxygen atoms in total. The van der Waals surface area contributed by atoms with E-state index in [2.05, 4.69) is 15.2 Å². The molecule has 0 saturated heterocycles. The van der Waals surface area contributed by atoms with E-state index in [4.69, 9.17) is 0 Å². The van der Waals surface area contributed by atoms with E-state index < -0.39 is 0 Å². The minimum absolute atomic E-state index is 0.233. The summed E-state index contributed by atoms with van der Waals surface area (Å²) in [7, 11) is 0. The quantitative estimate of drug-likeness (QED) is 0.763. The van der Waals surface area contributed by atoms with E-state index in [-0.39, 0.29) is 5.82 Å². The molecule has 0 spiro atoms. The Hall–Kier alpha value is -2.23. The van der Waals surface area contributed by atoms with Crippen molar-refractivity contribution in [3.63, 3.8) is 0 Å². The van der Waals surface area contributed by atoms with Crippen molar-refractivity contribution in [1.82, 2.24) is 15.2 Å². The summed E-state index contributed by atoms with van der Waals surface area (Å²) in [6.45, 7) is 1.98. The number of fused-ring (bicyclic) bond motifs is 1. The van der Waals surface area contributed by atoms with Crippen LogP contribution in [-0.2, 0) is 0 Å². The molecule has 3 aromatic rings. The molecule has 0 unspecified atom stereocenters. The number of benzene rings is 1. The first-order chi connectivity index (χ1) is 9.74. The first-order valence-electron chi connectivity index (χ1n) is 6.83. The van der Waals surface area contributed by atoms with Crippen LogP contribution in [0.15, 0.2) is 30.5 Å². The van der Waals surface area contributed by atoms with E-state index >= 15 is 0 Å². The van der Waals surface area contributed by atoms with Gasteiger partial charge in [0.2, 0.25) is 0 Å². The van der Waals surface area contributed by atoms with E-state index in [1.807, 2.05) is 19.1 Å². The molecule has 0 bridgehead atoms. The van der Waals surface area contributed by atoms with Gasteiger partial charge in [0.15, 0.2) is 0 Å². The second-order valence-corrected chi connectivity index (χ2v) is 5.41. The van der Waals surface area contributed by atoms with Gasteiger partial charge in [0.1, 0.15) is 5.82 Å². The average Bonchev–Trinajstić information content (AvgIpc) is 3.21. The first kappa shape index (κ1) is 11.6. The van der Waals surface area contributed by atoms with Crippen LogP contribution in [0, 0.1) is 12.7 Å². The maximum atomic E-state index is 13.9. The monoisotopic (exact) mass is 267 g/mol. The third-order valence-electron chi connectivity index (χ3n) is 3.88. The zero-order chi connectivity index (χ0) is 13.7. The Kier molecular flexibility index (Phi) is 2.39. The number of nitrogens with one attached hydrogen (secondary N) is 1. The van der Waals surface area contributed by atoms with Gasteiger partial charge in [0.25, 0.3) is 0 Å². The fourth-order valence-electron chi connectivity index (χ4n) is 2.79. The smallest absolute Gasteiger partial charge is 0.124 e. The van der Waals surface area contributed by atoms with Crippen LogP contribution in [0.4, 0.5) is 4.39 Å². The zero-order valence-corrected chi connectivity index (χ0v) is 11.2. The summed E-state index contributed by atoms with van der Waals surface area (Å²) in [4.78, 5) is 4.43. The van der Waals surface area contributed by atoms with Gasteiger partial charge in [-0.25, -0.2) is 4.39 Å². The topological polar surface area (TPSA) is 41.6 Å². The van der Waals surface area contributed by atoms with Crippen LogP contribution in [0.3, 0.4) is 0 Å². The number of nitrogens with zero attached hydrogens (tertiary/aromatic N) is 2. The number of H-pyrrole nitrogens is 1. The standard InChI is InChI=1S/C16H14FN3/c1-9-14(16(20-19-9)10-4-5-10)13-8-12(17)7-11-3-2-6-18-15(11)13/h2-3,6-8,10H,4-5H2,1H3,(H,19,20). The summed E-state index contributed by atoms with van der Waals surface area (Å²) in [6, 6.07) is 6.81. The molecular formula is C16H14FN3. The largest absolute Gasteiger partial charge is 0.282 e. The summed E-state index contributed by atoms with van der Waals surface area (Å²) in [5, 5.41) is 8.28. The molecule has 4 rings (SSSR count). The van der Waals surface area contributed by atoms with Crippen LogP contribution in [0.2, 0.25) is 0 Å². The van der Waals surface area contributed by atoms with Gasteiger partial charge in [0, 0.05) is 34.3 Å². The number of hydrogen-bond donors (Lipinski definition) is 1. The summed E-state index contributed by atoms with van der Waals surface area (Å²) in [6.07, 6.45) is 4.08. The third-order valence-corrected chi connectivity index (χ3v) is 3.88. The van der Waals surface area contributed by atoms with Gasteiger partial charge < -0.3 is 0 Å². The second-order valence-electron chi connectivity index (χ2n) is 5.41. The van der Waals surface area contributed by atoms with Crippen LogP contribution < -0.4 is 0 Å². The molecule has 4 heteroatoms. The predicted molar refractivity (Wildman–Crippen MR) is 76.0 cm³/mol. The fraction of sp³-hybridized carbons (Fsp3) is 0.250. The maximum Gasteiger partial charge on any atom is 0.124 e. The van der Waals surface area contributed by atoms with Crippen LogP contribution in [-0.4, -0.2) is 15.2 Å². The molecule has 1 aromatic carbocycles. The molecule has 100 valence electrons. The van der Waals surface area contributed by atoms with E-state index in [0.717, 1.165) is 46.3 Å². The molecule has 0 atom stereocenters. The van der Waals surface area contributed by atoms with Crippen molar-refractivity contribution < 1.29 is 4.39 Å². The molecule has 1 aliphatic rings. The van der Waals surface area contributed by atoms with E-state index in [9.17, 15) is 4.39 Å². The maximum absolute atomic E-state index is 13.9. The van der Waals surface area contributed by atoms with Crippen molar-refractivity contribution in [2.45, 2.75) is 25.7 Å². The second kappa shape index (κ2) is 4.13. The van der Waals surface area contributed by atoms with Gasteiger partial charge in [-0.3, -0.25) is 10.1 Å². The number of aromatic nitrogens is 3. The SMILES string of the molecule is Cc1[nH]nc(C2CC2)c1-c1cc(F)cc2cccnc12. The van der Waals surface area contributed by atoms with Gasteiger partial charge in [-0.05, 0) is 38.0 Å². The third kappa shape index (κ3) is 1.72. The molecule has 0 amide bonds. The lowest BCUT2D eigenvalue weighted by Crippen LogP contribution is -1.91. The molecule has 0 radical (unpaired) electrons. The minimum Gasteiger partial charge on any atom is -0.282 e. The van der Waals surface area contributed by atoms with Crippen molar-refractivity contribution in [1.29, 1.82) is 0 Å². The van der Waals surface area contributed by atoms with Crippen LogP contribution >= 0.6 is 0 Å². The Morgan fingerprint density at radius 2 is 2.15 bits per heavy atom. The number of pyridine rings is 1.